The Morgan fingerprint density at radius 2 is 2.00 bits per heavy atom. The SMILES string of the molecule is CCCc1nc(C(CC)C2CCCC2)nc2cnccc12. The molecule has 0 N–H and O–H groups in total. The molecule has 1 atom stereocenters. The molecule has 1 aliphatic rings. The van der Waals surface area contributed by atoms with E-state index in [0.717, 1.165) is 36.5 Å². The van der Waals surface area contributed by atoms with Crippen molar-refractivity contribution in [1.29, 1.82) is 0 Å². The number of hydrogen-bond acceptors (Lipinski definition) is 3. The molecule has 21 heavy (non-hydrogen) atoms. The maximum absolute atomic E-state index is 4.97. The van der Waals surface area contributed by atoms with E-state index in [0.29, 0.717) is 5.92 Å². The van der Waals surface area contributed by atoms with Gasteiger partial charge in [0.1, 0.15) is 5.82 Å². The minimum Gasteiger partial charge on any atom is -0.262 e. The Balaban J connectivity index is 2.04. The van der Waals surface area contributed by atoms with E-state index in [9.17, 15) is 0 Å². The van der Waals surface area contributed by atoms with Gasteiger partial charge in [0, 0.05) is 17.5 Å². The van der Waals surface area contributed by atoms with Crippen LogP contribution >= 0.6 is 0 Å². The standard InChI is InChI=1S/C18H25N3/c1-3-7-16-15-10-11-19-12-17(15)21-18(20-16)14(4-2)13-8-5-6-9-13/h10-14H,3-9H2,1-2H3. The van der Waals surface area contributed by atoms with Gasteiger partial charge in [-0.3, -0.25) is 4.98 Å². The van der Waals surface area contributed by atoms with Crippen molar-refractivity contribution >= 4 is 10.9 Å². The molecule has 0 amide bonds. The third-order valence-electron chi connectivity index (χ3n) is 4.82. The average Bonchev–Trinajstić information content (AvgIpc) is 3.02. The highest BCUT2D eigenvalue weighted by molar-refractivity contribution is 5.79. The van der Waals surface area contributed by atoms with Gasteiger partial charge in [-0.15, -0.1) is 0 Å². The summed E-state index contributed by atoms with van der Waals surface area (Å²) in [5.41, 5.74) is 2.22. The monoisotopic (exact) mass is 283 g/mol. The van der Waals surface area contributed by atoms with Crippen LogP contribution in [0.5, 0.6) is 0 Å². The molecule has 0 aliphatic heterocycles. The van der Waals surface area contributed by atoms with Crippen LogP contribution in [-0.2, 0) is 6.42 Å². The van der Waals surface area contributed by atoms with Crippen molar-refractivity contribution in [3.8, 4) is 0 Å². The van der Waals surface area contributed by atoms with Crippen LogP contribution in [0.25, 0.3) is 10.9 Å². The molecule has 1 aliphatic carbocycles. The summed E-state index contributed by atoms with van der Waals surface area (Å²) in [6.07, 6.45) is 12.5. The normalized spacial score (nSPS) is 17.4. The lowest BCUT2D eigenvalue weighted by atomic mass is 9.87. The predicted octanol–water partition coefficient (Wildman–Crippen LogP) is 4.66. The fourth-order valence-electron chi connectivity index (χ4n) is 3.75. The number of aryl methyl sites for hydroxylation is 1. The van der Waals surface area contributed by atoms with E-state index >= 15 is 0 Å². The number of aromatic nitrogens is 3. The summed E-state index contributed by atoms with van der Waals surface area (Å²) in [6, 6.07) is 2.06. The number of fused-ring (bicyclic) bond motifs is 1. The molecular weight excluding hydrogens is 258 g/mol. The topological polar surface area (TPSA) is 38.7 Å². The van der Waals surface area contributed by atoms with Gasteiger partial charge in [-0.2, -0.15) is 0 Å². The molecule has 2 heterocycles. The van der Waals surface area contributed by atoms with Gasteiger partial charge in [0.25, 0.3) is 0 Å². The third-order valence-corrected chi connectivity index (χ3v) is 4.82. The van der Waals surface area contributed by atoms with Gasteiger partial charge in [-0.05, 0) is 37.7 Å². The highest BCUT2D eigenvalue weighted by Gasteiger charge is 2.27. The van der Waals surface area contributed by atoms with Gasteiger partial charge in [0.05, 0.1) is 17.4 Å². The Morgan fingerprint density at radius 3 is 2.71 bits per heavy atom. The fourth-order valence-corrected chi connectivity index (χ4v) is 3.75. The number of rotatable bonds is 5. The largest absolute Gasteiger partial charge is 0.262 e. The molecule has 1 saturated carbocycles. The number of hydrogen-bond donors (Lipinski definition) is 0. The zero-order valence-corrected chi connectivity index (χ0v) is 13.2. The second-order valence-electron chi connectivity index (χ2n) is 6.23. The summed E-state index contributed by atoms with van der Waals surface area (Å²) in [4.78, 5) is 14.1. The fraction of sp³-hybridized carbons (Fsp3) is 0.611. The molecule has 3 rings (SSSR count). The summed E-state index contributed by atoms with van der Waals surface area (Å²) < 4.78 is 0. The van der Waals surface area contributed by atoms with Crippen LogP contribution in [0, 0.1) is 5.92 Å². The van der Waals surface area contributed by atoms with Gasteiger partial charge in [-0.25, -0.2) is 9.97 Å². The van der Waals surface area contributed by atoms with E-state index in [1.165, 1.54) is 36.8 Å². The molecule has 0 radical (unpaired) electrons. The smallest absolute Gasteiger partial charge is 0.132 e. The first-order valence-corrected chi connectivity index (χ1v) is 8.44. The first-order valence-electron chi connectivity index (χ1n) is 8.44. The van der Waals surface area contributed by atoms with Crippen LogP contribution in [0.2, 0.25) is 0 Å². The van der Waals surface area contributed by atoms with E-state index < -0.39 is 0 Å². The van der Waals surface area contributed by atoms with E-state index in [4.69, 9.17) is 9.97 Å². The van der Waals surface area contributed by atoms with Crippen molar-refractivity contribution in [2.75, 3.05) is 0 Å². The van der Waals surface area contributed by atoms with E-state index in [1.54, 1.807) is 0 Å². The Bertz CT molecular complexity index is 602. The van der Waals surface area contributed by atoms with E-state index in [1.807, 2.05) is 12.4 Å². The van der Waals surface area contributed by atoms with Crippen molar-refractivity contribution < 1.29 is 0 Å². The molecule has 3 heteroatoms. The van der Waals surface area contributed by atoms with Crippen molar-refractivity contribution in [2.45, 2.75) is 64.7 Å². The van der Waals surface area contributed by atoms with Crippen LogP contribution in [0.4, 0.5) is 0 Å². The van der Waals surface area contributed by atoms with Gasteiger partial charge in [-0.1, -0.05) is 33.1 Å². The Kier molecular flexibility index (Phi) is 4.47. The molecule has 0 aromatic carbocycles. The summed E-state index contributed by atoms with van der Waals surface area (Å²) in [5, 5.41) is 1.18. The highest BCUT2D eigenvalue weighted by atomic mass is 14.9. The zero-order valence-electron chi connectivity index (χ0n) is 13.2. The summed E-state index contributed by atoms with van der Waals surface area (Å²) in [6.45, 7) is 4.49. The Labute approximate surface area is 127 Å². The lowest BCUT2D eigenvalue weighted by Gasteiger charge is -2.21. The molecule has 2 aromatic heterocycles. The molecule has 0 spiro atoms. The molecule has 2 aromatic rings. The number of pyridine rings is 1. The second-order valence-corrected chi connectivity index (χ2v) is 6.23. The van der Waals surface area contributed by atoms with Crippen LogP contribution in [0.3, 0.4) is 0 Å². The molecule has 3 nitrogen and oxygen atoms in total. The quantitative estimate of drug-likeness (QED) is 0.801. The molecule has 1 fully saturated rings. The van der Waals surface area contributed by atoms with Crippen molar-refractivity contribution in [3.05, 3.63) is 30.0 Å². The Hall–Kier alpha value is -1.51. The minimum atomic E-state index is 0.521. The molecule has 1 unspecified atom stereocenters. The summed E-state index contributed by atoms with van der Waals surface area (Å²) >= 11 is 0. The maximum atomic E-state index is 4.97. The predicted molar refractivity (Wildman–Crippen MR) is 86.3 cm³/mol. The average molecular weight is 283 g/mol. The van der Waals surface area contributed by atoms with E-state index in [2.05, 4.69) is 24.9 Å². The Morgan fingerprint density at radius 1 is 1.19 bits per heavy atom. The molecular formula is C18H25N3. The van der Waals surface area contributed by atoms with Crippen molar-refractivity contribution in [1.82, 2.24) is 15.0 Å². The minimum absolute atomic E-state index is 0.521. The molecule has 0 bridgehead atoms. The second kappa shape index (κ2) is 6.50. The van der Waals surface area contributed by atoms with E-state index in [-0.39, 0.29) is 0 Å². The first kappa shape index (κ1) is 14.4. The van der Waals surface area contributed by atoms with Gasteiger partial charge >= 0.3 is 0 Å². The lowest BCUT2D eigenvalue weighted by molar-refractivity contribution is 0.407. The third kappa shape index (κ3) is 2.92. The van der Waals surface area contributed by atoms with Gasteiger partial charge in [0.2, 0.25) is 0 Å². The lowest BCUT2D eigenvalue weighted by Crippen LogP contribution is -2.14. The van der Waals surface area contributed by atoms with Crippen molar-refractivity contribution in [2.24, 2.45) is 5.92 Å². The maximum Gasteiger partial charge on any atom is 0.132 e. The number of nitrogens with zero attached hydrogens (tertiary/aromatic N) is 3. The first-order chi connectivity index (χ1) is 10.3. The van der Waals surface area contributed by atoms with Gasteiger partial charge in [0.15, 0.2) is 0 Å². The molecule has 0 saturated heterocycles. The zero-order chi connectivity index (χ0) is 14.7. The van der Waals surface area contributed by atoms with Gasteiger partial charge < -0.3 is 0 Å². The van der Waals surface area contributed by atoms with Crippen LogP contribution in [-0.4, -0.2) is 15.0 Å². The van der Waals surface area contributed by atoms with Crippen LogP contribution in [0.1, 0.15) is 69.8 Å². The van der Waals surface area contributed by atoms with Crippen LogP contribution in [0.15, 0.2) is 18.5 Å². The summed E-state index contributed by atoms with van der Waals surface area (Å²) in [5.74, 6) is 2.36. The van der Waals surface area contributed by atoms with Crippen LogP contribution < -0.4 is 0 Å². The summed E-state index contributed by atoms with van der Waals surface area (Å²) in [7, 11) is 0. The molecule has 112 valence electrons. The highest BCUT2D eigenvalue weighted by Crippen LogP contribution is 2.38. The van der Waals surface area contributed by atoms with Crippen molar-refractivity contribution in [3.63, 3.8) is 0 Å².